The number of fused-ring (bicyclic) bond motifs is 1. The van der Waals surface area contributed by atoms with E-state index in [9.17, 15) is 9.59 Å². The number of aromatic nitrogens is 1. The van der Waals surface area contributed by atoms with Gasteiger partial charge in [-0.25, -0.2) is 0 Å². The Hall–Kier alpha value is -2.50. The lowest BCUT2D eigenvalue weighted by Crippen LogP contribution is -2.47. The number of aromatic amines is 1. The summed E-state index contributed by atoms with van der Waals surface area (Å²) >= 11 is 0. The van der Waals surface area contributed by atoms with Crippen molar-refractivity contribution >= 4 is 22.7 Å². The third kappa shape index (κ3) is 4.07. The zero-order valence-corrected chi connectivity index (χ0v) is 14.8. The van der Waals surface area contributed by atoms with Gasteiger partial charge in [-0.1, -0.05) is 26.8 Å². The maximum absolute atomic E-state index is 12.6. The Morgan fingerprint density at radius 3 is 2.58 bits per heavy atom. The lowest BCUT2D eigenvalue weighted by molar-refractivity contribution is -0.123. The minimum atomic E-state index is -0.587. The molecule has 0 aliphatic carbocycles. The van der Waals surface area contributed by atoms with Crippen LogP contribution in [-0.2, 0) is 4.79 Å². The number of amides is 2. The summed E-state index contributed by atoms with van der Waals surface area (Å²) in [4.78, 5) is 27.7. The predicted octanol–water partition coefficient (Wildman–Crippen LogP) is 2.46. The van der Waals surface area contributed by atoms with Crippen molar-refractivity contribution in [1.82, 2.24) is 15.6 Å². The highest BCUT2D eigenvalue weighted by atomic mass is 16.5. The molecule has 0 unspecified atom stereocenters. The second-order valence-electron chi connectivity index (χ2n) is 7.01. The normalized spacial score (nSPS) is 12.7. The van der Waals surface area contributed by atoms with E-state index >= 15 is 0 Å². The van der Waals surface area contributed by atoms with Crippen LogP contribution in [0.4, 0.5) is 0 Å². The van der Waals surface area contributed by atoms with Crippen LogP contribution in [0.15, 0.2) is 24.3 Å². The summed E-state index contributed by atoms with van der Waals surface area (Å²) in [5.41, 5.74) is 1.12. The third-order valence-corrected chi connectivity index (χ3v) is 3.77. The molecule has 1 heterocycles. The number of methoxy groups -OCH3 is 1. The molecule has 1 aromatic carbocycles. The molecule has 0 aliphatic heterocycles. The fraction of sp³-hybridized carbons (Fsp3) is 0.444. The SMILES string of the molecule is CNC(=O)[C@H](CC(C)(C)C)NC(=O)c1cc2c(OC)cccc2[nH]1. The molecular formula is C18H25N3O3. The number of hydrogen-bond donors (Lipinski definition) is 3. The minimum absolute atomic E-state index is 0.0892. The predicted molar refractivity (Wildman–Crippen MR) is 94.2 cm³/mol. The van der Waals surface area contributed by atoms with Gasteiger partial charge >= 0.3 is 0 Å². The number of H-pyrrole nitrogens is 1. The molecule has 0 fully saturated rings. The first-order chi connectivity index (χ1) is 11.2. The van der Waals surface area contributed by atoms with E-state index in [0.717, 1.165) is 10.9 Å². The Labute approximate surface area is 142 Å². The van der Waals surface area contributed by atoms with Gasteiger partial charge in [0.25, 0.3) is 5.91 Å². The highest BCUT2D eigenvalue weighted by molar-refractivity contribution is 6.01. The molecule has 3 N–H and O–H groups in total. The molecule has 2 aromatic rings. The zero-order chi connectivity index (χ0) is 17.9. The van der Waals surface area contributed by atoms with Crippen molar-refractivity contribution in [2.45, 2.75) is 33.2 Å². The van der Waals surface area contributed by atoms with Gasteiger partial charge in [0.2, 0.25) is 5.91 Å². The molecular weight excluding hydrogens is 306 g/mol. The topological polar surface area (TPSA) is 83.2 Å². The van der Waals surface area contributed by atoms with Crippen LogP contribution in [-0.4, -0.2) is 37.0 Å². The van der Waals surface area contributed by atoms with Crippen molar-refractivity contribution < 1.29 is 14.3 Å². The molecule has 6 nitrogen and oxygen atoms in total. The van der Waals surface area contributed by atoms with Crippen LogP contribution in [0.1, 0.15) is 37.7 Å². The lowest BCUT2D eigenvalue weighted by Gasteiger charge is -2.25. The Kier molecular flexibility index (Phi) is 5.17. The number of benzene rings is 1. The molecule has 2 amide bonds. The van der Waals surface area contributed by atoms with Crippen LogP contribution in [0.3, 0.4) is 0 Å². The fourth-order valence-corrected chi connectivity index (χ4v) is 2.66. The minimum Gasteiger partial charge on any atom is -0.496 e. The highest BCUT2D eigenvalue weighted by Gasteiger charge is 2.26. The van der Waals surface area contributed by atoms with Crippen LogP contribution < -0.4 is 15.4 Å². The van der Waals surface area contributed by atoms with E-state index in [1.807, 2.05) is 39.0 Å². The summed E-state index contributed by atoms with van der Waals surface area (Å²) in [5.74, 6) is 0.179. The van der Waals surface area contributed by atoms with Gasteiger partial charge in [-0.2, -0.15) is 0 Å². The van der Waals surface area contributed by atoms with Gasteiger partial charge in [0, 0.05) is 18.0 Å². The van der Waals surface area contributed by atoms with Crippen molar-refractivity contribution in [2.75, 3.05) is 14.2 Å². The quantitative estimate of drug-likeness (QED) is 0.787. The average Bonchev–Trinajstić information content (AvgIpc) is 2.96. The van der Waals surface area contributed by atoms with Gasteiger partial charge < -0.3 is 20.4 Å². The second kappa shape index (κ2) is 6.95. The van der Waals surface area contributed by atoms with Gasteiger partial charge in [-0.3, -0.25) is 9.59 Å². The van der Waals surface area contributed by atoms with Crippen LogP contribution >= 0.6 is 0 Å². The standard InChI is InChI=1S/C18H25N3O3/c1-18(2,3)10-14(16(22)19-4)21-17(23)13-9-11-12(20-13)7-6-8-15(11)24-5/h6-9,14,20H,10H2,1-5H3,(H,19,22)(H,21,23)/t14-/m0/s1. The van der Waals surface area contributed by atoms with E-state index in [4.69, 9.17) is 4.74 Å². The van der Waals surface area contributed by atoms with E-state index in [1.165, 1.54) is 0 Å². The van der Waals surface area contributed by atoms with Crippen molar-refractivity contribution in [3.63, 3.8) is 0 Å². The Bertz CT molecular complexity index is 744. The summed E-state index contributed by atoms with van der Waals surface area (Å²) in [6, 6.07) is 6.72. The Morgan fingerprint density at radius 2 is 2.00 bits per heavy atom. The zero-order valence-electron chi connectivity index (χ0n) is 14.8. The highest BCUT2D eigenvalue weighted by Crippen LogP contribution is 2.26. The third-order valence-electron chi connectivity index (χ3n) is 3.77. The molecule has 0 bridgehead atoms. The number of hydrogen-bond acceptors (Lipinski definition) is 3. The van der Waals surface area contributed by atoms with Crippen molar-refractivity contribution in [3.8, 4) is 5.75 Å². The number of carbonyl (C=O) groups is 2. The molecule has 24 heavy (non-hydrogen) atoms. The van der Waals surface area contributed by atoms with E-state index in [2.05, 4.69) is 15.6 Å². The smallest absolute Gasteiger partial charge is 0.268 e. The number of ether oxygens (including phenoxy) is 1. The number of likely N-dealkylation sites (N-methyl/N-ethyl adjacent to an activating group) is 1. The molecule has 0 aliphatic rings. The van der Waals surface area contributed by atoms with Gasteiger partial charge in [0.15, 0.2) is 0 Å². The van der Waals surface area contributed by atoms with Gasteiger partial charge in [0.05, 0.1) is 7.11 Å². The monoisotopic (exact) mass is 331 g/mol. The summed E-state index contributed by atoms with van der Waals surface area (Å²) in [6.07, 6.45) is 0.544. The fourth-order valence-electron chi connectivity index (χ4n) is 2.66. The molecule has 0 saturated heterocycles. The number of rotatable bonds is 5. The summed E-state index contributed by atoms with van der Waals surface area (Å²) in [5, 5.41) is 6.25. The van der Waals surface area contributed by atoms with Crippen molar-refractivity contribution in [3.05, 3.63) is 30.0 Å². The summed E-state index contributed by atoms with van der Waals surface area (Å²) < 4.78 is 5.31. The second-order valence-corrected chi connectivity index (χ2v) is 7.01. The average molecular weight is 331 g/mol. The van der Waals surface area contributed by atoms with Gasteiger partial charge in [-0.05, 0) is 30.0 Å². The van der Waals surface area contributed by atoms with Crippen LogP contribution in [0.25, 0.3) is 10.9 Å². The van der Waals surface area contributed by atoms with Gasteiger partial charge in [0.1, 0.15) is 17.5 Å². The maximum Gasteiger partial charge on any atom is 0.268 e. The van der Waals surface area contributed by atoms with Crippen LogP contribution in [0, 0.1) is 5.41 Å². The first-order valence-corrected chi connectivity index (χ1v) is 7.93. The Morgan fingerprint density at radius 1 is 1.29 bits per heavy atom. The Balaban J connectivity index is 2.25. The van der Waals surface area contributed by atoms with Crippen molar-refractivity contribution in [2.24, 2.45) is 5.41 Å². The van der Waals surface area contributed by atoms with E-state index in [-0.39, 0.29) is 17.2 Å². The first-order valence-electron chi connectivity index (χ1n) is 7.93. The molecule has 0 saturated carbocycles. The summed E-state index contributed by atoms with van der Waals surface area (Å²) in [7, 11) is 3.16. The molecule has 6 heteroatoms. The van der Waals surface area contributed by atoms with Gasteiger partial charge in [-0.15, -0.1) is 0 Å². The molecule has 0 spiro atoms. The number of carbonyl (C=O) groups excluding carboxylic acids is 2. The lowest BCUT2D eigenvalue weighted by atomic mass is 9.87. The molecule has 1 aromatic heterocycles. The van der Waals surface area contributed by atoms with E-state index in [1.54, 1.807) is 20.2 Å². The van der Waals surface area contributed by atoms with E-state index in [0.29, 0.717) is 17.9 Å². The summed E-state index contributed by atoms with van der Waals surface area (Å²) in [6.45, 7) is 6.09. The molecule has 0 radical (unpaired) electrons. The molecule has 130 valence electrons. The van der Waals surface area contributed by atoms with Crippen LogP contribution in [0.5, 0.6) is 5.75 Å². The largest absolute Gasteiger partial charge is 0.496 e. The maximum atomic E-state index is 12.6. The van der Waals surface area contributed by atoms with E-state index < -0.39 is 6.04 Å². The molecule has 1 atom stereocenters. The first kappa shape index (κ1) is 17.8. The van der Waals surface area contributed by atoms with Crippen LogP contribution in [0.2, 0.25) is 0 Å². The molecule has 2 rings (SSSR count). The number of nitrogens with one attached hydrogen (secondary N) is 3. The van der Waals surface area contributed by atoms with Crippen molar-refractivity contribution in [1.29, 1.82) is 0 Å².